The number of anilines is 1. The summed E-state index contributed by atoms with van der Waals surface area (Å²) >= 11 is 1.54. The number of nitrogens with zero attached hydrogens (tertiary/aromatic N) is 4. The van der Waals surface area contributed by atoms with Crippen molar-refractivity contribution in [3.8, 4) is 6.07 Å². The molecule has 0 spiro atoms. The molecule has 3 rings (SSSR count). The molecule has 25 heavy (non-hydrogen) atoms. The standard InChI is InChI=1S/C18H24N6S/c1-2-14-13-25-17(22-14)15(12-19)16-6-8-21-18(23-16)20-7-5-11-24-9-3-4-10-24/h6,8,13,22H,2-5,7,9-11H2,1H3,(H,20,21,23)/b17-15-. The predicted octanol–water partition coefficient (Wildman–Crippen LogP) is 3.15. The molecule has 0 amide bonds. The SMILES string of the molecule is CCC1=CS/C(=C(/C#N)c2ccnc(NCCCN3CCCC3)n2)N1. The summed E-state index contributed by atoms with van der Waals surface area (Å²) in [6.07, 6.45) is 6.34. The molecule has 3 heterocycles. The van der Waals surface area contributed by atoms with Crippen LogP contribution < -0.4 is 10.6 Å². The molecule has 2 aliphatic heterocycles. The molecule has 2 aliphatic rings. The summed E-state index contributed by atoms with van der Waals surface area (Å²) < 4.78 is 0. The molecule has 0 bridgehead atoms. The molecular weight excluding hydrogens is 332 g/mol. The van der Waals surface area contributed by atoms with E-state index < -0.39 is 0 Å². The summed E-state index contributed by atoms with van der Waals surface area (Å²) in [6.45, 7) is 6.50. The molecule has 1 saturated heterocycles. The first kappa shape index (κ1) is 17.8. The van der Waals surface area contributed by atoms with Gasteiger partial charge in [0.15, 0.2) is 0 Å². The van der Waals surface area contributed by atoms with Gasteiger partial charge in [-0.25, -0.2) is 9.97 Å². The molecule has 0 unspecified atom stereocenters. The second kappa shape index (κ2) is 8.88. The number of nitrogens with one attached hydrogen (secondary N) is 2. The van der Waals surface area contributed by atoms with Crippen LogP contribution in [-0.4, -0.2) is 41.0 Å². The maximum Gasteiger partial charge on any atom is 0.223 e. The van der Waals surface area contributed by atoms with Gasteiger partial charge in [-0.1, -0.05) is 18.7 Å². The van der Waals surface area contributed by atoms with Gasteiger partial charge < -0.3 is 15.5 Å². The van der Waals surface area contributed by atoms with Crippen LogP contribution in [0.2, 0.25) is 0 Å². The lowest BCUT2D eigenvalue weighted by Crippen LogP contribution is -2.22. The number of thioether (sulfide) groups is 1. The molecule has 0 aliphatic carbocycles. The van der Waals surface area contributed by atoms with Gasteiger partial charge in [-0.2, -0.15) is 5.26 Å². The average molecular weight is 356 g/mol. The van der Waals surface area contributed by atoms with E-state index in [9.17, 15) is 5.26 Å². The van der Waals surface area contributed by atoms with E-state index in [1.807, 2.05) is 5.41 Å². The Morgan fingerprint density at radius 3 is 3.00 bits per heavy atom. The Morgan fingerprint density at radius 2 is 2.28 bits per heavy atom. The minimum atomic E-state index is 0.562. The van der Waals surface area contributed by atoms with Crippen LogP contribution in [0.15, 0.2) is 28.4 Å². The molecule has 1 fully saturated rings. The first-order valence-corrected chi connectivity index (χ1v) is 9.75. The largest absolute Gasteiger partial charge is 0.354 e. The van der Waals surface area contributed by atoms with Crippen LogP contribution in [0.4, 0.5) is 5.95 Å². The average Bonchev–Trinajstić information content (AvgIpc) is 3.32. The third kappa shape index (κ3) is 4.74. The summed E-state index contributed by atoms with van der Waals surface area (Å²) in [6, 6.07) is 4.06. The Bertz CT molecular complexity index is 700. The lowest BCUT2D eigenvalue weighted by molar-refractivity contribution is 0.337. The van der Waals surface area contributed by atoms with Gasteiger partial charge in [0, 0.05) is 18.4 Å². The Hall–Kier alpha value is -2.04. The molecule has 6 nitrogen and oxygen atoms in total. The van der Waals surface area contributed by atoms with Crippen molar-refractivity contribution in [3.05, 3.63) is 34.1 Å². The monoisotopic (exact) mass is 356 g/mol. The second-order valence-electron chi connectivity index (χ2n) is 6.15. The zero-order chi connectivity index (χ0) is 17.5. The lowest BCUT2D eigenvalue weighted by atomic mass is 10.2. The van der Waals surface area contributed by atoms with Crippen molar-refractivity contribution in [2.45, 2.75) is 32.6 Å². The van der Waals surface area contributed by atoms with E-state index >= 15 is 0 Å². The summed E-state index contributed by atoms with van der Waals surface area (Å²) in [7, 11) is 0. The van der Waals surface area contributed by atoms with Gasteiger partial charge in [0.25, 0.3) is 0 Å². The molecule has 0 saturated carbocycles. The van der Waals surface area contributed by atoms with Crippen LogP contribution in [0.1, 0.15) is 38.3 Å². The lowest BCUT2D eigenvalue weighted by Gasteiger charge is -2.14. The van der Waals surface area contributed by atoms with E-state index in [0.717, 1.165) is 36.7 Å². The van der Waals surface area contributed by atoms with Gasteiger partial charge in [0.1, 0.15) is 11.6 Å². The number of rotatable bonds is 7. The molecule has 0 radical (unpaired) electrons. The van der Waals surface area contributed by atoms with E-state index in [1.54, 1.807) is 24.0 Å². The summed E-state index contributed by atoms with van der Waals surface area (Å²) in [5, 5.41) is 19.0. The first-order valence-electron chi connectivity index (χ1n) is 8.87. The first-order chi connectivity index (χ1) is 12.3. The molecule has 2 N–H and O–H groups in total. The smallest absolute Gasteiger partial charge is 0.223 e. The van der Waals surface area contributed by atoms with Gasteiger partial charge in [0.2, 0.25) is 5.95 Å². The molecule has 0 atom stereocenters. The van der Waals surface area contributed by atoms with Gasteiger partial charge in [-0.15, -0.1) is 0 Å². The minimum absolute atomic E-state index is 0.562. The normalized spacial score (nSPS) is 19.3. The fourth-order valence-corrected chi connectivity index (χ4v) is 3.89. The van der Waals surface area contributed by atoms with E-state index in [2.05, 4.69) is 38.5 Å². The molecule has 132 valence electrons. The van der Waals surface area contributed by atoms with Crippen LogP contribution in [0.5, 0.6) is 0 Å². The summed E-state index contributed by atoms with van der Waals surface area (Å²) in [4.78, 5) is 11.3. The number of hydrogen-bond acceptors (Lipinski definition) is 7. The topological polar surface area (TPSA) is 76.9 Å². The zero-order valence-electron chi connectivity index (χ0n) is 14.6. The van der Waals surface area contributed by atoms with Gasteiger partial charge in [-0.05, 0) is 56.8 Å². The third-order valence-electron chi connectivity index (χ3n) is 4.36. The molecule has 7 heteroatoms. The van der Waals surface area contributed by atoms with Crippen LogP contribution in [-0.2, 0) is 0 Å². The minimum Gasteiger partial charge on any atom is -0.354 e. The molecule has 0 aromatic carbocycles. The maximum atomic E-state index is 9.55. The molecule has 1 aromatic rings. The quantitative estimate of drug-likeness (QED) is 0.574. The van der Waals surface area contributed by atoms with E-state index in [4.69, 9.17) is 0 Å². The number of likely N-dealkylation sites (tertiary alicyclic amines) is 1. The maximum absolute atomic E-state index is 9.55. The zero-order valence-corrected chi connectivity index (χ0v) is 15.4. The second-order valence-corrected chi connectivity index (χ2v) is 7.03. The van der Waals surface area contributed by atoms with Crippen LogP contribution >= 0.6 is 11.8 Å². The Kier molecular flexibility index (Phi) is 6.31. The highest BCUT2D eigenvalue weighted by atomic mass is 32.2. The Labute approximate surface area is 153 Å². The number of aromatic nitrogens is 2. The van der Waals surface area contributed by atoms with Crippen LogP contribution in [0, 0.1) is 11.3 Å². The Morgan fingerprint density at radius 1 is 1.44 bits per heavy atom. The van der Waals surface area contributed by atoms with Crippen molar-refractivity contribution in [2.75, 3.05) is 31.5 Å². The van der Waals surface area contributed by atoms with E-state index in [-0.39, 0.29) is 0 Å². The summed E-state index contributed by atoms with van der Waals surface area (Å²) in [5.74, 6) is 0.582. The highest BCUT2D eigenvalue weighted by Crippen LogP contribution is 2.31. The molecular formula is C18H24N6S. The Balaban J connectivity index is 1.59. The molecule has 1 aromatic heterocycles. The van der Waals surface area contributed by atoms with Crippen molar-refractivity contribution in [1.82, 2.24) is 20.2 Å². The summed E-state index contributed by atoms with van der Waals surface area (Å²) in [5.41, 5.74) is 2.34. The fraction of sp³-hybridized carbons (Fsp3) is 0.500. The van der Waals surface area contributed by atoms with Gasteiger partial charge >= 0.3 is 0 Å². The van der Waals surface area contributed by atoms with Crippen molar-refractivity contribution in [1.29, 1.82) is 5.26 Å². The predicted molar refractivity (Wildman–Crippen MR) is 102 cm³/mol. The third-order valence-corrected chi connectivity index (χ3v) is 5.30. The fourth-order valence-electron chi connectivity index (χ4n) is 2.94. The van der Waals surface area contributed by atoms with E-state index in [0.29, 0.717) is 17.2 Å². The van der Waals surface area contributed by atoms with Crippen molar-refractivity contribution < 1.29 is 0 Å². The number of nitriles is 1. The van der Waals surface area contributed by atoms with E-state index in [1.165, 1.54) is 25.9 Å². The number of allylic oxidation sites excluding steroid dienone is 2. The van der Waals surface area contributed by atoms with Crippen molar-refractivity contribution in [3.63, 3.8) is 0 Å². The van der Waals surface area contributed by atoms with Crippen LogP contribution in [0.3, 0.4) is 0 Å². The van der Waals surface area contributed by atoms with Crippen LogP contribution in [0.25, 0.3) is 5.57 Å². The van der Waals surface area contributed by atoms with Crippen molar-refractivity contribution in [2.24, 2.45) is 0 Å². The van der Waals surface area contributed by atoms with Crippen molar-refractivity contribution >= 4 is 23.3 Å². The van der Waals surface area contributed by atoms with Gasteiger partial charge in [-0.3, -0.25) is 0 Å². The highest BCUT2D eigenvalue weighted by molar-refractivity contribution is 8.06. The van der Waals surface area contributed by atoms with Gasteiger partial charge in [0.05, 0.1) is 10.7 Å². The number of hydrogen-bond donors (Lipinski definition) is 2. The highest BCUT2D eigenvalue weighted by Gasteiger charge is 2.17.